The maximum atomic E-state index is 13.9. The van der Waals surface area contributed by atoms with Crippen LogP contribution in [0.25, 0.3) is 5.65 Å². The van der Waals surface area contributed by atoms with Crippen molar-refractivity contribution in [2.75, 3.05) is 19.7 Å². The molecular weight excluding hydrogens is 407 g/mol. The third kappa shape index (κ3) is 3.11. The molecule has 2 aliphatic rings. The van der Waals surface area contributed by atoms with E-state index in [1.807, 2.05) is 6.07 Å². The minimum atomic E-state index is -0.888. The van der Waals surface area contributed by atoms with Crippen molar-refractivity contribution in [3.05, 3.63) is 64.3 Å². The average Bonchev–Trinajstić information content (AvgIpc) is 3.50. The van der Waals surface area contributed by atoms with Crippen LogP contribution in [0.5, 0.6) is 0 Å². The maximum absolute atomic E-state index is 13.9. The fourth-order valence-electron chi connectivity index (χ4n) is 4.10. The third-order valence-electron chi connectivity index (χ3n) is 5.63. The second kappa shape index (κ2) is 7.35. The van der Waals surface area contributed by atoms with Gasteiger partial charge in [-0.25, -0.2) is 13.9 Å². The van der Waals surface area contributed by atoms with E-state index in [1.165, 1.54) is 16.8 Å². The van der Waals surface area contributed by atoms with E-state index in [-0.39, 0.29) is 11.1 Å². The Morgan fingerprint density at radius 3 is 3.00 bits per heavy atom. The van der Waals surface area contributed by atoms with Crippen LogP contribution in [0, 0.1) is 17.1 Å². The molecule has 152 valence electrons. The molecule has 1 fully saturated rings. The Labute approximate surface area is 177 Å². The second-order valence-corrected chi connectivity index (χ2v) is 7.95. The van der Waals surface area contributed by atoms with Gasteiger partial charge in [-0.2, -0.15) is 10.4 Å². The van der Waals surface area contributed by atoms with E-state index < -0.39 is 11.4 Å². The first-order valence-corrected chi connectivity index (χ1v) is 10.1. The average molecular weight is 425 g/mol. The number of hydrogen-bond donors (Lipinski definition) is 0. The standard InChI is InChI=1S/C21H18ClFN6O/c22-17-8-14(3-4-18(17)23)21(12-28(13-26-21)11-16-2-1-7-30-16)19-5-6-20-25-10-15(9-24)29(20)27-19/h3-6,8,10,13,16H,1-2,7,11-12H2/t16?,21-/m1/s1. The first-order valence-electron chi connectivity index (χ1n) is 9.71. The summed E-state index contributed by atoms with van der Waals surface area (Å²) >= 11 is 6.10. The van der Waals surface area contributed by atoms with Crippen molar-refractivity contribution in [1.29, 1.82) is 5.26 Å². The van der Waals surface area contributed by atoms with Gasteiger partial charge in [0.05, 0.1) is 35.9 Å². The van der Waals surface area contributed by atoms with Gasteiger partial charge in [0.2, 0.25) is 0 Å². The lowest BCUT2D eigenvalue weighted by molar-refractivity contribution is 0.0917. The summed E-state index contributed by atoms with van der Waals surface area (Å²) < 4.78 is 21.1. The van der Waals surface area contributed by atoms with E-state index >= 15 is 0 Å². The lowest BCUT2D eigenvalue weighted by Gasteiger charge is -2.29. The molecule has 4 heterocycles. The highest BCUT2D eigenvalue weighted by atomic mass is 35.5. The Balaban J connectivity index is 1.59. The molecule has 0 N–H and O–H groups in total. The van der Waals surface area contributed by atoms with Gasteiger partial charge >= 0.3 is 0 Å². The molecule has 3 aromatic rings. The molecule has 2 atom stereocenters. The quantitative estimate of drug-likeness (QED) is 0.642. The molecular formula is C21H18ClFN6O. The van der Waals surface area contributed by atoms with Crippen molar-refractivity contribution in [3.63, 3.8) is 0 Å². The van der Waals surface area contributed by atoms with Crippen molar-refractivity contribution in [1.82, 2.24) is 19.5 Å². The van der Waals surface area contributed by atoms with E-state index in [1.54, 1.807) is 24.5 Å². The minimum absolute atomic E-state index is 0.0288. The van der Waals surface area contributed by atoms with E-state index in [9.17, 15) is 9.65 Å². The molecule has 1 unspecified atom stereocenters. The van der Waals surface area contributed by atoms with Crippen LogP contribution in [0.3, 0.4) is 0 Å². The van der Waals surface area contributed by atoms with Crippen LogP contribution in [0.2, 0.25) is 5.02 Å². The molecule has 1 aromatic carbocycles. The highest BCUT2D eigenvalue weighted by Gasteiger charge is 2.42. The summed E-state index contributed by atoms with van der Waals surface area (Å²) in [6.07, 6.45) is 5.52. The molecule has 5 rings (SSSR count). The number of rotatable bonds is 4. The van der Waals surface area contributed by atoms with Crippen LogP contribution >= 0.6 is 11.6 Å². The Morgan fingerprint density at radius 2 is 2.23 bits per heavy atom. The van der Waals surface area contributed by atoms with Gasteiger partial charge in [-0.05, 0) is 42.7 Å². The number of benzene rings is 1. The first kappa shape index (κ1) is 19.0. The van der Waals surface area contributed by atoms with Crippen molar-refractivity contribution in [2.24, 2.45) is 4.99 Å². The molecule has 9 heteroatoms. The summed E-state index contributed by atoms with van der Waals surface area (Å²) in [5.41, 5.74) is 1.36. The van der Waals surface area contributed by atoms with Crippen LogP contribution in [-0.4, -0.2) is 51.6 Å². The van der Waals surface area contributed by atoms with Crippen LogP contribution in [0.4, 0.5) is 4.39 Å². The van der Waals surface area contributed by atoms with E-state index in [0.29, 0.717) is 23.6 Å². The molecule has 0 bridgehead atoms. The van der Waals surface area contributed by atoms with Crippen molar-refractivity contribution in [3.8, 4) is 6.07 Å². The largest absolute Gasteiger partial charge is 0.376 e. The molecule has 2 aromatic heterocycles. The number of imidazole rings is 1. The fraction of sp³-hybridized carbons (Fsp3) is 0.333. The van der Waals surface area contributed by atoms with Crippen LogP contribution in [0.15, 0.2) is 41.5 Å². The van der Waals surface area contributed by atoms with E-state index in [0.717, 1.165) is 31.6 Å². The number of nitriles is 1. The molecule has 0 spiro atoms. The Kier molecular flexibility index (Phi) is 4.65. The number of ether oxygens (including phenoxy) is 1. The molecule has 0 amide bonds. The summed E-state index contributed by atoms with van der Waals surface area (Å²) in [5.74, 6) is -0.487. The Morgan fingerprint density at radius 1 is 1.33 bits per heavy atom. The summed E-state index contributed by atoms with van der Waals surface area (Å²) in [6, 6.07) is 10.3. The van der Waals surface area contributed by atoms with Gasteiger partial charge < -0.3 is 9.64 Å². The van der Waals surface area contributed by atoms with Gasteiger partial charge in [0.25, 0.3) is 0 Å². The van der Waals surface area contributed by atoms with Gasteiger partial charge in [-0.1, -0.05) is 17.7 Å². The van der Waals surface area contributed by atoms with Gasteiger partial charge in [0.15, 0.2) is 11.3 Å². The predicted octanol–water partition coefficient (Wildman–Crippen LogP) is 3.16. The van der Waals surface area contributed by atoms with Crippen molar-refractivity contribution in [2.45, 2.75) is 24.5 Å². The van der Waals surface area contributed by atoms with E-state index in [2.05, 4.69) is 21.1 Å². The fourth-order valence-corrected chi connectivity index (χ4v) is 4.28. The predicted molar refractivity (Wildman–Crippen MR) is 109 cm³/mol. The summed E-state index contributed by atoms with van der Waals surface area (Å²) in [6.45, 7) is 2.00. The van der Waals surface area contributed by atoms with Crippen LogP contribution in [0.1, 0.15) is 29.8 Å². The molecule has 1 saturated heterocycles. The second-order valence-electron chi connectivity index (χ2n) is 7.54. The molecule has 2 aliphatic heterocycles. The highest BCUT2D eigenvalue weighted by Crippen LogP contribution is 2.38. The molecule has 0 radical (unpaired) electrons. The molecule has 30 heavy (non-hydrogen) atoms. The van der Waals surface area contributed by atoms with Gasteiger partial charge in [-0.15, -0.1) is 0 Å². The number of halogens is 2. The van der Waals surface area contributed by atoms with Gasteiger partial charge in [0, 0.05) is 13.2 Å². The normalized spacial score (nSPS) is 23.4. The lowest BCUT2D eigenvalue weighted by Crippen LogP contribution is -2.38. The third-order valence-corrected chi connectivity index (χ3v) is 5.92. The zero-order valence-electron chi connectivity index (χ0n) is 16.0. The van der Waals surface area contributed by atoms with Crippen molar-refractivity contribution >= 4 is 23.6 Å². The topological polar surface area (TPSA) is 78.8 Å². The SMILES string of the molecule is N#Cc1cnc2ccc([C@]3(c4ccc(F)c(Cl)c4)CN(CC4CCCO4)C=N3)nn12. The summed E-state index contributed by atoms with van der Waals surface area (Å²) in [7, 11) is 0. The Hall–Kier alpha value is -3.02. The van der Waals surface area contributed by atoms with Gasteiger partial charge in [0.1, 0.15) is 17.4 Å². The smallest absolute Gasteiger partial charge is 0.162 e. The summed E-state index contributed by atoms with van der Waals surface area (Å²) in [4.78, 5) is 11.1. The lowest BCUT2D eigenvalue weighted by atomic mass is 9.87. The zero-order valence-corrected chi connectivity index (χ0v) is 16.8. The number of hydrogen-bond acceptors (Lipinski definition) is 6. The van der Waals surface area contributed by atoms with Gasteiger partial charge in [-0.3, -0.25) is 4.99 Å². The zero-order chi connectivity index (χ0) is 20.7. The minimum Gasteiger partial charge on any atom is -0.376 e. The highest BCUT2D eigenvalue weighted by molar-refractivity contribution is 6.30. The van der Waals surface area contributed by atoms with Crippen molar-refractivity contribution < 1.29 is 9.13 Å². The first-order chi connectivity index (χ1) is 14.6. The van der Waals surface area contributed by atoms with Crippen LogP contribution < -0.4 is 0 Å². The Bertz CT molecular complexity index is 1180. The molecule has 0 aliphatic carbocycles. The number of nitrogens with zero attached hydrogens (tertiary/aromatic N) is 6. The monoisotopic (exact) mass is 424 g/mol. The number of aromatic nitrogens is 3. The van der Waals surface area contributed by atoms with E-state index in [4.69, 9.17) is 21.3 Å². The number of fused-ring (bicyclic) bond motifs is 1. The molecule has 7 nitrogen and oxygen atoms in total. The maximum Gasteiger partial charge on any atom is 0.162 e. The molecule has 0 saturated carbocycles. The summed E-state index contributed by atoms with van der Waals surface area (Å²) in [5, 5.41) is 14.1. The van der Waals surface area contributed by atoms with Crippen LogP contribution in [-0.2, 0) is 10.3 Å². The number of aliphatic imine (C=N–C) groups is 1.